The number of aromatic nitrogens is 4. The lowest BCUT2D eigenvalue weighted by Gasteiger charge is -2.02. The van der Waals surface area contributed by atoms with Gasteiger partial charge >= 0.3 is 0 Å². The van der Waals surface area contributed by atoms with Crippen LogP contribution in [0.1, 0.15) is 6.92 Å². The van der Waals surface area contributed by atoms with Crippen LogP contribution in [0.5, 0.6) is 5.75 Å². The molecule has 0 saturated heterocycles. The Morgan fingerprint density at radius 2 is 2.43 bits per heavy atom. The summed E-state index contributed by atoms with van der Waals surface area (Å²) in [6, 6.07) is 8.40. The van der Waals surface area contributed by atoms with Crippen LogP contribution in [0.4, 0.5) is 0 Å². The van der Waals surface area contributed by atoms with Gasteiger partial charge in [0, 0.05) is 5.56 Å². The Morgan fingerprint density at radius 3 is 3.14 bits per heavy atom. The number of benzene rings is 1. The second-order valence-corrected chi connectivity index (χ2v) is 2.64. The van der Waals surface area contributed by atoms with Gasteiger partial charge in [-0.1, -0.05) is 0 Å². The topological polar surface area (TPSA) is 63.7 Å². The molecule has 0 fully saturated rings. The van der Waals surface area contributed by atoms with Crippen molar-refractivity contribution >= 4 is 0 Å². The van der Waals surface area contributed by atoms with Crippen LogP contribution in [-0.2, 0) is 0 Å². The Balaban J connectivity index is 2.31. The fourth-order valence-electron chi connectivity index (χ4n) is 1.12. The SMILES string of the molecule is CCOc1c[c]cc(-c2nnn[nH]2)c1. The van der Waals surface area contributed by atoms with E-state index in [4.69, 9.17) is 4.74 Å². The molecule has 0 amide bonds. The van der Waals surface area contributed by atoms with E-state index in [1.54, 1.807) is 12.1 Å². The summed E-state index contributed by atoms with van der Waals surface area (Å²) in [4.78, 5) is 0. The van der Waals surface area contributed by atoms with Crippen LogP contribution in [-0.4, -0.2) is 27.2 Å². The van der Waals surface area contributed by atoms with Gasteiger partial charge in [0.25, 0.3) is 0 Å². The van der Waals surface area contributed by atoms with Crippen LogP contribution < -0.4 is 4.74 Å². The molecule has 5 heteroatoms. The number of tetrazole rings is 1. The predicted molar refractivity (Wildman–Crippen MR) is 49.6 cm³/mol. The summed E-state index contributed by atoms with van der Waals surface area (Å²) in [6.07, 6.45) is 0. The minimum atomic E-state index is 0.614. The van der Waals surface area contributed by atoms with E-state index in [1.165, 1.54) is 0 Å². The van der Waals surface area contributed by atoms with Crippen LogP contribution in [0.15, 0.2) is 18.2 Å². The molecular formula is C9H9N4O. The smallest absolute Gasteiger partial charge is 0.179 e. The van der Waals surface area contributed by atoms with Gasteiger partial charge < -0.3 is 4.74 Å². The van der Waals surface area contributed by atoms with Crippen LogP contribution in [0.2, 0.25) is 0 Å². The molecule has 71 valence electrons. The van der Waals surface area contributed by atoms with Crippen molar-refractivity contribution in [2.45, 2.75) is 6.92 Å². The molecule has 1 aromatic heterocycles. The monoisotopic (exact) mass is 189 g/mol. The third-order valence-electron chi connectivity index (χ3n) is 1.69. The second-order valence-electron chi connectivity index (χ2n) is 2.64. The molecule has 1 radical (unpaired) electrons. The van der Waals surface area contributed by atoms with Crippen molar-refractivity contribution in [1.29, 1.82) is 0 Å². The Kier molecular flexibility index (Phi) is 2.40. The average molecular weight is 189 g/mol. The van der Waals surface area contributed by atoms with Gasteiger partial charge in [-0.15, -0.1) is 5.10 Å². The van der Waals surface area contributed by atoms with Crippen molar-refractivity contribution in [3.63, 3.8) is 0 Å². The summed E-state index contributed by atoms with van der Waals surface area (Å²) in [5.74, 6) is 1.38. The van der Waals surface area contributed by atoms with Crippen molar-refractivity contribution in [2.75, 3.05) is 6.61 Å². The molecule has 1 heterocycles. The maximum atomic E-state index is 5.33. The largest absolute Gasteiger partial charge is 0.494 e. The Bertz CT molecular complexity index is 399. The number of rotatable bonds is 3. The van der Waals surface area contributed by atoms with Crippen molar-refractivity contribution in [3.05, 3.63) is 24.3 Å². The summed E-state index contributed by atoms with van der Waals surface area (Å²) in [7, 11) is 0. The number of nitrogens with one attached hydrogen (secondary N) is 1. The number of ether oxygens (including phenoxy) is 1. The number of nitrogens with zero attached hydrogens (tertiary/aromatic N) is 3. The molecule has 1 aromatic carbocycles. The van der Waals surface area contributed by atoms with E-state index >= 15 is 0 Å². The molecule has 0 aliphatic heterocycles. The third kappa shape index (κ3) is 1.71. The van der Waals surface area contributed by atoms with Crippen LogP contribution in [0.3, 0.4) is 0 Å². The number of hydrogen-bond donors (Lipinski definition) is 1. The number of hydrogen-bond acceptors (Lipinski definition) is 4. The van der Waals surface area contributed by atoms with Crippen molar-refractivity contribution < 1.29 is 4.74 Å². The molecule has 0 unspecified atom stereocenters. The van der Waals surface area contributed by atoms with Gasteiger partial charge in [0.15, 0.2) is 5.82 Å². The van der Waals surface area contributed by atoms with Gasteiger partial charge in [0.05, 0.1) is 6.61 Å². The van der Waals surface area contributed by atoms with Crippen LogP contribution in [0.25, 0.3) is 11.4 Å². The van der Waals surface area contributed by atoms with Gasteiger partial charge in [-0.3, -0.25) is 0 Å². The summed E-state index contributed by atoms with van der Waals surface area (Å²) in [6.45, 7) is 2.56. The molecule has 2 rings (SSSR count). The van der Waals surface area contributed by atoms with Crippen molar-refractivity contribution in [1.82, 2.24) is 20.6 Å². The lowest BCUT2D eigenvalue weighted by atomic mass is 10.2. The van der Waals surface area contributed by atoms with E-state index in [9.17, 15) is 0 Å². The van der Waals surface area contributed by atoms with E-state index in [1.807, 2.05) is 13.0 Å². The van der Waals surface area contributed by atoms with Gasteiger partial charge in [0.1, 0.15) is 5.75 Å². The molecule has 14 heavy (non-hydrogen) atoms. The molecule has 0 saturated carbocycles. The molecule has 0 aliphatic carbocycles. The summed E-state index contributed by atoms with van der Waals surface area (Å²) >= 11 is 0. The Hall–Kier alpha value is -1.91. The van der Waals surface area contributed by atoms with Crippen molar-refractivity contribution in [2.24, 2.45) is 0 Å². The lowest BCUT2D eigenvalue weighted by Crippen LogP contribution is -1.91. The maximum absolute atomic E-state index is 5.33. The Labute approximate surface area is 81.1 Å². The highest BCUT2D eigenvalue weighted by molar-refractivity contribution is 5.55. The highest BCUT2D eigenvalue weighted by Crippen LogP contribution is 2.19. The third-order valence-corrected chi connectivity index (χ3v) is 1.69. The molecule has 2 aromatic rings. The minimum Gasteiger partial charge on any atom is -0.494 e. The first-order chi connectivity index (χ1) is 6.90. The fourth-order valence-corrected chi connectivity index (χ4v) is 1.12. The van der Waals surface area contributed by atoms with Gasteiger partial charge in [-0.05, 0) is 41.6 Å². The second kappa shape index (κ2) is 3.87. The number of H-pyrrole nitrogens is 1. The molecule has 1 N–H and O–H groups in total. The molecule has 0 bridgehead atoms. The van der Waals surface area contributed by atoms with E-state index in [0.717, 1.165) is 11.3 Å². The first kappa shape index (κ1) is 8.68. The standard InChI is InChI=1S/C9H9N4O/c1-2-14-8-5-3-4-7(6-8)9-10-12-13-11-9/h4-6H,2H2,1H3,(H,10,11,12,13). The van der Waals surface area contributed by atoms with E-state index in [2.05, 4.69) is 26.7 Å². The molecule has 5 nitrogen and oxygen atoms in total. The van der Waals surface area contributed by atoms with Gasteiger partial charge in [-0.2, -0.15) is 0 Å². The van der Waals surface area contributed by atoms with Crippen LogP contribution >= 0.6 is 0 Å². The first-order valence-electron chi connectivity index (χ1n) is 4.28. The maximum Gasteiger partial charge on any atom is 0.179 e. The highest BCUT2D eigenvalue weighted by atomic mass is 16.5. The summed E-state index contributed by atoms with van der Waals surface area (Å²) in [5.41, 5.74) is 0.862. The zero-order valence-electron chi connectivity index (χ0n) is 7.69. The lowest BCUT2D eigenvalue weighted by molar-refractivity contribution is 0.340. The fraction of sp³-hybridized carbons (Fsp3) is 0.222. The van der Waals surface area contributed by atoms with Crippen LogP contribution in [0, 0.1) is 6.07 Å². The van der Waals surface area contributed by atoms with Crippen molar-refractivity contribution in [3.8, 4) is 17.1 Å². The minimum absolute atomic E-state index is 0.614. The zero-order valence-corrected chi connectivity index (χ0v) is 7.69. The van der Waals surface area contributed by atoms with Gasteiger partial charge in [0.2, 0.25) is 0 Å². The quantitative estimate of drug-likeness (QED) is 0.784. The van der Waals surface area contributed by atoms with Gasteiger partial charge in [-0.25, -0.2) is 5.10 Å². The highest BCUT2D eigenvalue weighted by Gasteiger charge is 2.02. The summed E-state index contributed by atoms with van der Waals surface area (Å²) < 4.78 is 5.33. The van der Waals surface area contributed by atoms with E-state index in [-0.39, 0.29) is 0 Å². The van der Waals surface area contributed by atoms with E-state index < -0.39 is 0 Å². The normalized spacial score (nSPS) is 10.1. The average Bonchev–Trinajstić information content (AvgIpc) is 2.71. The zero-order chi connectivity index (χ0) is 9.80. The molecule has 0 atom stereocenters. The molecule has 0 spiro atoms. The predicted octanol–water partition coefficient (Wildman–Crippen LogP) is 1.07. The molecule has 0 aliphatic rings. The first-order valence-corrected chi connectivity index (χ1v) is 4.28. The Morgan fingerprint density at radius 1 is 1.50 bits per heavy atom. The number of aromatic amines is 1. The molecular weight excluding hydrogens is 180 g/mol. The van der Waals surface area contributed by atoms with E-state index in [0.29, 0.717) is 12.4 Å². The summed E-state index contributed by atoms with van der Waals surface area (Å²) in [5, 5.41) is 13.5.